The molecule has 4 heteroatoms. The predicted molar refractivity (Wildman–Crippen MR) is 68.7 cm³/mol. The van der Waals surface area contributed by atoms with Gasteiger partial charge in [-0.3, -0.25) is 4.79 Å². The molecule has 0 bridgehead atoms. The first-order valence-electron chi connectivity index (χ1n) is 6.06. The summed E-state index contributed by atoms with van der Waals surface area (Å²) in [5, 5.41) is 2.90. The van der Waals surface area contributed by atoms with E-state index in [2.05, 4.69) is 17.1 Å². The molecule has 1 aromatic rings. The van der Waals surface area contributed by atoms with Gasteiger partial charge in [0.05, 0.1) is 18.8 Å². The molecule has 1 heterocycles. The molecule has 1 amide bonds. The minimum absolute atomic E-state index is 0.0260. The normalized spacial score (nSPS) is 14.2. The van der Waals surface area contributed by atoms with E-state index < -0.39 is 0 Å². The number of nitrogens with one attached hydrogen (secondary N) is 1. The lowest BCUT2D eigenvalue weighted by atomic mass is 10.1. The lowest BCUT2D eigenvalue weighted by Gasteiger charge is -2.31. The van der Waals surface area contributed by atoms with Gasteiger partial charge >= 0.3 is 0 Å². The van der Waals surface area contributed by atoms with Crippen molar-refractivity contribution < 1.29 is 9.53 Å². The Kier molecular flexibility index (Phi) is 3.52. The topological polar surface area (TPSA) is 41.6 Å². The van der Waals surface area contributed by atoms with Crippen molar-refractivity contribution in [3.8, 4) is 5.75 Å². The van der Waals surface area contributed by atoms with Crippen LogP contribution < -0.4 is 15.0 Å². The molecule has 0 spiro atoms. The van der Waals surface area contributed by atoms with E-state index in [0.29, 0.717) is 13.2 Å². The Balaban J connectivity index is 2.38. The highest BCUT2D eigenvalue weighted by Gasteiger charge is 2.23. The molecule has 17 heavy (non-hydrogen) atoms. The Morgan fingerprint density at radius 2 is 2.24 bits per heavy atom. The second kappa shape index (κ2) is 5.08. The molecule has 0 atom stereocenters. The molecule has 1 aromatic carbocycles. The van der Waals surface area contributed by atoms with Crippen LogP contribution in [0.25, 0.3) is 0 Å². The van der Waals surface area contributed by atoms with E-state index in [1.165, 1.54) is 0 Å². The number of hydrogen-bond donors (Lipinski definition) is 1. The van der Waals surface area contributed by atoms with Crippen molar-refractivity contribution in [2.45, 2.75) is 20.3 Å². The molecule has 2 rings (SSSR count). The molecule has 1 N–H and O–H groups in total. The van der Waals surface area contributed by atoms with Gasteiger partial charge in [-0.1, -0.05) is 13.0 Å². The summed E-state index contributed by atoms with van der Waals surface area (Å²) in [6, 6.07) is 5.87. The number of carbonyl (C=O) groups excluding carboxylic acids is 1. The number of carbonyl (C=O) groups is 1. The highest BCUT2D eigenvalue weighted by Crippen LogP contribution is 2.37. The van der Waals surface area contributed by atoms with Gasteiger partial charge in [0.15, 0.2) is 0 Å². The Hall–Kier alpha value is -1.71. The van der Waals surface area contributed by atoms with Crippen molar-refractivity contribution in [1.29, 1.82) is 0 Å². The maximum absolute atomic E-state index is 11.7. The first kappa shape index (κ1) is 11.8. The molecular formula is C13H18N2O2. The van der Waals surface area contributed by atoms with E-state index in [4.69, 9.17) is 4.74 Å². The third kappa shape index (κ3) is 2.35. The van der Waals surface area contributed by atoms with Crippen LogP contribution in [0.15, 0.2) is 18.2 Å². The van der Waals surface area contributed by atoms with Gasteiger partial charge in [-0.15, -0.1) is 0 Å². The van der Waals surface area contributed by atoms with Gasteiger partial charge < -0.3 is 15.0 Å². The molecule has 0 aliphatic carbocycles. The lowest BCUT2D eigenvalue weighted by molar-refractivity contribution is -0.115. The Morgan fingerprint density at radius 1 is 1.41 bits per heavy atom. The smallest absolute Gasteiger partial charge is 0.244 e. The zero-order chi connectivity index (χ0) is 12.3. The summed E-state index contributed by atoms with van der Waals surface area (Å²) in [7, 11) is 0. The standard InChI is InChI=1S/C13H18N2O2/c1-3-8-15-9-12(16)14-13-10(15)6-5-7-11(13)17-4-2/h5-7H,3-4,8-9H2,1-2H3,(H,14,16). The second-order valence-electron chi connectivity index (χ2n) is 4.05. The largest absolute Gasteiger partial charge is 0.492 e. The Morgan fingerprint density at radius 3 is 2.94 bits per heavy atom. The van der Waals surface area contributed by atoms with Crippen molar-refractivity contribution in [2.75, 3.05) is 29.9 Å². The summed E-state index contributed by atoms with van der Waals surface area (Å²) in [5.41, 5.74) is 1.86. The maximum Gasteiger partial charge on any atom is 0.244 e. The fourth-order valence-electron chi connectivity index (χ4n) is 2.09. The molecule has 0 fully saturated rings. The number of rotatable bonds is 4. The van der Waals surface area contributed by atoms with Crippen LogP contribution in [0.1, 0.15) is 20.3 Å². The zero-order valence-electron chi connectivity index (χ0n) is 10.3. The number of nitrogens with zero attached hydrogens (tertiary/aromatic N) is 1. The monoisotopic (exact) mass is 234 g/mol. The molecule has 0 radical (unpaired) electrons. The Bertz CT molecular complexity index is 418. The van der Waals surface area contributed by atoms with Crippen LogP contribution in [-0.4, -0.2) is 25.6 Å². The number of amides is 1. The zero-order valence-corrected chi connectivity index (χ0v) is 10.3. The first-order chi connectivity index (χ1) is 8.26. The molecule has 0 saturated heterocycles. The van der Waals surface area contributed by atoms with Crippen molar-refractivity contribution in [1.82, 2.24) is 0 Å². The molecule has 0 saturated carbocycles. The minimum Gasteiger partial charge on any atom is -0.492 e. The minimum atomic E-state index is 0.0260. The summed E-state index contributed by atoms with van der Waals surface area (Å²) in [6.45, 7) is 5.96. The summed E-state index contributed by atoms with van der Waals surface area (Å²) in [6.07, 6.45) is 1.02. The fourth-order valence-corrected chi connectivity index (χ4v) is 2.09. The van der Waals surface area contributed by atoms with Crippen LogP contribution in [0.4, 0.5) is 11.4 Å². The van der Waals surface area contributed by atoms with E-state index >= 15 is 0 Å². The Labute approximate surface area is 102 Å². The van der Waals surface area contributed by atoms with E-state index in [1.807, 2.05) is 25.1 Å². The molecular weight excluding hydrogens is 216 g/mol. The van der Waals surface area contributed by atoms with Crippen LogP contribution >= 0.6 is 0 Å². The predicted octanol–water partition coefficient (Wildman–Crippen LogP) is 2.25. The van der Waals surface area contributed by atoms with E-state index in [9.17, 15) is 4.79 Å². The van der Waals surface area contributed by atoms with Crippen LogP contribution in [-0.2, 0) is 4.79 Å². The number of fused-ring (bicyclic) bond motifs is 1. The third-order valence-corrected chi connectivity index (χ3v) is 2.74. The second-order valence-corrected chi connectivity index (χ2v) is 4.05. The first-order valence-corrected chi connectivity index (χ1v) is 6.06. The van der Waals surface area contributed by atoms with Crippen LogP contribution in [0, 0.1) is 0 Å². The van der Waals surface area contributed by atoms with Gasteiger partial charge in [-0.05, 0) is 25.5 Å². The molecule has 92 valence electrons. The maximum atomic E-state index is 11.7. The van der Waals surface area contributed by atoms with E-state index in [0.717, 1.165) is 30.1 Å². The highest BCUT2D eigenvalue weighted by atomic mass is 16.5. The van der Waals surface area contributed by atoms with Gasteiger partial charge in [0.1, 0.15) is 11.4 Å². The summed E-state index contributed by atoms with van der Waals surface area (Å²) in [4.78, 5) is 13.8. The van der Waals surface area contributed by atoms with E-state index in [-0.39, 0.29) is 5.91 Å². The van der Waals surface area contributed by atoms with Crippen molar-refractivity contribution in [3.63, 3.8) is 0 Å². The molecule has 0 aromatic heterocycles. The van der Waals surface area contributed by atoms with Crippen LogP contribution in [0.5, 0.6) is 5.75 Å². The van der Waals surface area contributed by atoms with Crippen molar-refractivity contribution >= 4 is 17.3 Å². The van der Waals surface area contributed by atoms with Gasteiger partial charge in [0.2, 0.25) is 5.91 Å². The summed E-state index contributed by atoms with van der Waals surface area (Å²) >= 11 is 0. The van der Waals surface area contributed by atoms with Crippen molar-refractivity contribution in [2.24, 2.45) is 0 Å². The average molecular weight is 234 g/mol. The number of para-hydroxylation sites is 1. The SMILES string of the molecule is CCCN1CC(=O)Nc2c(OCC)cccc21. The summed E-state index contributed by atoms with van der Waals surface area (Å²) in [5.74, 6) is 0.775. The molecule has 4 nitrogen and oxygen atoms in total. The number of ether oxygens (including phenoxy) is 1. The quantitative estimate of drug-likeness (QED) is 0.868. The number of benzene rings is 1. The highest BCUT2D eigenvalue weighted by molar-refractivity contribution is 6.02. The van der Waals surface area contributed by atoms with Gasteiger partial charge in [-0.25, -0.2) is 0 Å². The van der Waals surface area contributed by atoms with Gasteiger partial charge in [-0.2, -0.15) is 0 Å². The van der Waals surface area contributed by atoms with Crippen LogP contribution in [0.2, 0.25) is 0 Å². The molecule has 0 unspecified atom stereocenters. The fraction of sp³-hybridized carbons (Fsp3) is 0.462. The number of hydrogen-bond acceptors (Lipinski definition) is 3. The third-order valence-electron chi connectivity index (χ3n) is 2.74. The molecule has 1 aliphatic heterocycles. The van der Waals surface area contributed by atoms with Gasteiger partial charge in [0, 0.05) is 6.54 Å². The van der Waals surface area contributed by atoms with Crippen LogP contribution in [0.3, 0.4) is 0 Å². The average Bonchev–Trinajstić information content (AvgIpc) is 2.31. The van der Waals surface area contributed by atoms with Gasteiger partial charge in [0.25, 0.3) is 0 Å². The van der Waals surface area contributed by atoms with E-state index in [1.54, 1.807) is 0 Å². The number of anilines is 2. The lowest BCUT2D eigenvalue weighted by Crippen LogP contribution is -2.38. The summed E-state index contributed by atoms with van der Waals surface area (Å²) < 4.78 is 5.54. The van der Waals surface area contributed by atoms with Crippen molar-refractivity contribution in [3.05, 3.63) is 18.2 Å². The molecule has 1 aliphatic rings.